The highest BCUT2D eigenvalue weighted by Crippen LogP contribution is 2.36. The van der Waals surface area contributed by atoms with Crippen molar-refractivity contribution in [2.24, 2.45) is 0 Å². The fourth-order valence-corrected chi connectivity index (χ4v) is 7.92. The van der Waals surface area contributed by atoms with Crippen LogP contribution in [0.5, 0.6) is 0 Å². The minimum absolute atomic E-state index is 0.0294. The maximum Gasteiger partial charge on any atom is 0.303 e. The summed E-state index contributed by atoms with van der Waals surface area (Å²) in [6.45, 7) is 2.90. The number of hydrogen-bond acceptors (Lipinski definition) is 12. The Morgan fingerprint density at radius 1 is 0.773 bits per heavy atom. The summed E-state index contributed by atoms with van der Waals surface area (Å²) in [5.41, 5.74) is 0.00313. The highest BCUT2D eigenvalue weighted by atomic mass is 127. The van der Waals surface area contributed by atoms with Gasteiger partial charge in [-0.15, -0.1) is 0 Å². The molecule has 0 fully saturated rings. The Hall–Kier alpha value is -2.05. The van der Waals surface area contributed by atoms with E-state index in [1.165, 1.54) is 14.0 Å². The number of ether oxygens (including phenoxy) is 5. The lowest BCUT2D eigenvalue weighted by molar-refractivity contribution is -0.156. The van der Waals surface area contributed by atoms with Gasteiger partial charge in [-0.1, -0.05) is 0 Å². The Balaban J connectivity index is 3.56. The first-order chi connectivity index (χ1) is 20.5. The van der Waals surface area contributed by atoms with E-state index in [2.05, 4.69) is 10.6 Å². The van der Waals surface area contributed by atoms with E-state index in [0.717, 1.165) is 20.8 Å². The van der Waals surface area contributed by atoms with Gasteiger partial charge in [-0.3, -0.25) is 33.6 Å². The second-order valence-corrected chi connectivity index (χ2v) is 12.3. The van der Waals surface area contributed by atoms with Crippen LogP contribution in [0.3, 0.4) is 0 Å². The van der Waals surface area contributed by atoms with Crippen molar-refractivity contribution in [3.63, 3.8) is 0 Å². The molecule has 2 N–H and O–H groups in total. The highest BCUT2D eigenvalue weighted by Gasteiger charge is 2.32. The van der Waals surface area contributed by atoms with Gasteiger partial charge in [-0.05, 0) is 67.8 Å². The fourth-order valence-electron chi connectivity index (χ4n) is 3.29. The lowest BCUT2D eigenvalue weighted by atomic mass is 10.1. The van der Waals surface area contributed by atoms with E-state index in [-0.39, 0.29) is 53.9 Å². The molecule has 0 heterocycles. The molecular formula is C25H29ClI3N3O12. The molecular weight excluding hydrogens is 950 g/mol. The fraction of sp³-hybridized carbons (Fsp3) is 0.480. The zero-order chi connectivity index (χ0) is 33.7. The largest absolute Gasteiger partial charge is 0.462 e. The number of nitrogens with one attached hydrogen (secondary N) is 2. The number of carbonyl (C=O) groups excluding carboxylic acids is 7. The molecule has 0 aliphatic heterocycles. The maximum atomic E-state index is 13.7. The molecule has 1 aromatic carbocycles. The molecule has 244 valence electrons. The summed E-state index contributed by atoms with van der Waals surface area (Å²) in [5, 5.41) is 5.22. The number of halogens is 4. The van der Waals surface area contributed by atoms with Crippen LogP contribution in [0.15, 0.2) is 0 Å². The van der Waals surface area contributed by atoms with Crippen LogP contribution in [-0.2, 0) is 47.7 Å². The summed E-state index contributed by atoms with van der Waals surface area (Å²) in [6.07, 6.45) is -2.13. The monoisotopic (exact) mass is 979 g/mol. The van der Waals surface area contributed by atoms with Gasteiger partial charge in [0, 0.05) is 50.2 Å². The number of methoxy groups -OCH3 is 1. The van der Waals surface area contributed by atoms with Crippen LogP contribution in [0.2, 0.25) is 0 Å². The van der Waals surface area contributed by atoms with E-state index >= 15 is 0 Å². The van der Waals surface area contributed by atoms with Crippen molar-refractivity contribution in [1.29, 1.82) is 0 Å². The van der Waals surface area contributed by atoms with Crippen LogP contribution in [0.25, 0.3) is 0 Å². The summed E-state index contributed by atoms with van der Waals surface area (Å²) in [5.74, 6) is -4.78. The van der Waals surface area contributed by atoms with E-state index in [1.807, 2.05) is 45.2 Å². The number of esters is 4. The van der Waals surface area contributed by atoms with E-state index < -0.39 is 60.4 Å². The van der Waals surface area contributed by atoms with Gasteiger partial charge in [0.25, 0.3) is 11.8 Å². The zero-order valence-corrected chi connectivity index (χ0v) is 31.3. The van der Waals surface area contributed by atoms with Gasteiger partial charge in [0.15, 0.2) is 12.2 Å². The number of nitrogens with zero attached hydrogens (tertiary/aromatic N) is 1. The van der Waals surface area contributed by atoms with Crippen molar-refractivity contribution >= 4 is 127 Å². The maximum absolute atomic E-state index is 13.7. The summed E-state index contributed by atoms with van der Waals surface area (Å²) in [7, 11) is 1.31. The van der Waals surface area contributed by atoms with E-state index in [4.69, 9.17) is 35.5 Å². The Labute approximate surface area is 298 Å². The first-order valence-corrected chi connectivity index (χ1v) is 15.9. The van der Waals surface area contributed by atoms with E-state index in [9.17, 15) is 33.6 Å². The van der Waals surface area contributed by atoms with Gasteiger partial charge in [0.05, 0.1) is 37.0 Å². The topological polar surface area (TPSA) is 193 Å². The van der Waals surface area contributed by atoms with Crippen LogP contribution in [0.4, 0.5) is 5.69 Å². The summed E-state index contributed by atoms with van der Waals surface area (Å²) in [4.78, 5) is 85.3. The molecule has 15 nitrogen and oxygen atoms in total. The van der Waals surface area contributed by atoms with Gasteiger partial charge in [0.1, 0.15) is 19.8 Å². The molecule has 0 aromatic heterocycles. The van der Waals surface area contributed by atoms with Crippen molar-refractivity contribution in [3.8, 4) is 0 Å². The molecule has 0 saturated heterocycles. The number of amides is 3. The first kappa shape index (κ1) is 40.0. The average molecular weight is 980 g/mol. The van der Waals surface area contributed by atoms with Gasteiger partial charge in [-0.25, -0.2) is 4.42 Å². The van der Waals surface area contributed by atoms with Crippen LogP contribution in [0, 0.1) is 10.7 Å². The standard InChI is InChI=1S/C25H29ClI3N3O12/c1-11(33)41-8-15(43-13(3)35)6-30-24(38)18-20(27)19(22(29)23(21(18)28)31-17(37)10-40-5)25(39)32(26)7-16(44-14(4)36)9-42-12(2)34/h15-16H,6-10H2,1-5H3,(H,30,38)(H,31,37). The van der Waals surface area contributed by atoms with Gasteiger partial charge in [0.2, 0.25) is 5.91 Å². The number of anilines is 1. The third-order valence-electron chi connectivity index (χ3n) is 4.98. The predicted octanol–water partition coefficient (Wildman–Crippen LogP) is 2.40. The quantitative estimate of drug-likeness (QED) is 0.113. The van der Waals surface area contributed by atoms with E-state index in [1.54, 1.807) is 22.6 Å². The van der Waals surface area contributed by atoms with Crippen LogP contribution < -0.4 is 10.6 Å². The minimum atomic E-state index is -1.11. The second kappa shape index (κ2) is 19.5. The summed E-state index contributed by atoms with van der Waals surface area (Å²) >= 11 is 11.8. The van der Waals surface area contributed by atoms with Crippen LogP contribution >= 0.6 is 79.5 Å². The third kappa shape index (κ3) is 13.1. The van der Waals surface area contributed by atoms with Crippen molar-refractivity contribution in [3.05, 3.63) is 21.8 Å². The predicted molar refractivity (Wildman–Crippen MR) is 179 cm³/mol. The molecule has 0 bridgehead atoms. The number of rotatable bonds is 15. The molecule has 0 aliphatic carbocycles. The van der Waals surface area contributed by atoms with Gasteiger partial charge in [-0.2, -0.15) is 0 Å². The van der Waals surface area contributed by atoms with E-state index in [0.29, 0.717) is 4.42 Å². The third-order valence-corrected chi connectivity index (χ3v) is 8.51. The minimum Gasteiger partial charge on any atom is -0.462 e. The molecule has 19 heteroatoms. The van der Waals surface area contributed by atoms with Crippen LogP contribution in [-0.4, -0.2) is 98.2 Å². The Morgan fingerprint density at radius 2 is 1.27 bits per heavy atom. The number of hydrogen-bond donors (Lipinski definition) is 2. The van der Waals surface area contributed by atoms with Crippen LogP contribution in [0.1, 0.15) is 48.4 Å². The molecule has 0 aliphatic rings. The average Bonchev–Trinajstić information content (AvgIpc) is 2.90. The van der Waals surface area contributed by atoms with Gasteiger partial charge < -0.3 is 34.3 Å². The number of benzene rings is 1. The second-order valence-electron chi connectivity index (χ2n) is 8.68. The lowest BCUT2D eigenvalue weighted by Gasteiger charge is -2.24. The molecule has 0 saturated carbocycles. The normalized spacial score (nSPS) is 11.8. The number of carbonyl (C=O) groups is 7. The van der Waals surface area contributed by atoms with Crippen molar-refractivity contribution < 1.29 is 57.2 Å². The smallest absolute Gasteiger partial charge is 0.303 e. The molecule has 1 aromatic rings. The first-order valence-electron chi connectivity index (χ1n) is 12.4. The highest BCUT2D eigenvalue weighted by molar-refractivity contribution is 14.1. The zero-order valence-electron chi connectivity index (χ0n) is 24.0. The summed E-state index contributed by atoms with van der Waals surface area (Å²) < 4.78 is 26.2. The Morgan fingerprint density at radius 3 is 1.77 bits per heavy atom. The van der Waals surface area contributed by atoms with Gasteiger partial charge >= 0.3 is 23.9 Å². The molecule has 44 heavy (non-hydrogen) atoms. The molecule has 1 rings (SSSR count). The molecule has 3 amide bonds. The van der Waals surface area contributed by atoms with Crippen molar-refractivity contribution in [1.82, 2.24) is 9.74 Å². The van der Waals surface area contributed by atoms with Crippen molar-refractivity contribution in [2.75, 3.05) is 45.3 Å². The Kier molecular flexibility index (Phi) is 17.7. The molecule has 2 unspecified atom stereocenters. The summed E-state index contributed by atoms with van der Waals surface area (Å²) in [6, 6.07) is 0. The molecule has 0 spiro atoms. The van der Waals surface area contributed by atoms with Crippen molar-refractivity contribution in [2.45, 2.75) is 39.9 Å². The lowest BCUT2D eigenvalue weighted by Crippen LogP contribution is -2.39. The molecule has 0 radical (unpaired) electrons. The molecule has 2 atom stereocenters. The Bertz CT molecular complexity index is 1300. The SMILES string of the molecule is COCC(=O)Nc1c(I)c(C(=O)NCC(COC(C)=O)OC(C)=O)c(I)c(C(=O)N(Cl)CC(COC(C)=O)OC(C)=O)c1I.